The summed E-state index contributed by atoms with van der Waals surface area (Å²) in [6.45, 7) is -0.0140. The number of thioether (sulfide) groups is 1. The number of halogens is 1. The van der Waals surface area contributed by atoms with E-state index in [2.05, 4.69) is 10.2 Å². The predicted octanol–water partition coefficient (Wildman–Crippen LogP) is 3.47. The molecule has 0 aliphatic rings. The van der Waals surface area contributed by atoms with Crippen molar-refractivity contribution in [2.75, 3.05) is 12.4 Å². The lowest BCUT2D eigenvalue weighted by atomic mass is 10.3. The molecule has 8 heteroatoms. The molecule has 0 radical (unpaired) electrons. The van der Waals surface area contributed by atoms with E-state index in [1.807, 2.05) is 17.5 Å². The smallest absolute Gasteiger partial charge is 0.276 e. The Morgan fingerprint density at radius 1 is 1.26 bits per heavy atom. The number of ether oxygens (including phenoxy) is 1. The molecule has 1 unspecified atom stereocenters. The highest BCUT2D eigenvalue weighted by Gasteiger charge is 2.13. The molecule has 2 heterocycles. The second kappa shape index (κ2) is 7.58. The van der Waals surface area contributed by atoms with E-state index in [1.54, 1.807) is 12.1 Å². The first kappa shape index (κ1) is 16.0. The quantitative estimate of drug-likeness (QED) is 0.657. The molecule has 1 N–H and O–H groups in total. The lowest BCUT2D eigenvalue weighted by molar-refractivity contribution is 0.123. The van der Waals surface area contributed by atoms with Crippen LogP contribution in [0.2, 0.25) is 0 Å². The summed E-state index contributed by atoms with van der Waals surface area (Å²) < 4.78 is 24.1. The van der Waals surface area contributed by atoms with Gasteiger partial charge in [0.2, 0.25) is 0 Å². The van der Waals surface area contributed by atoms with Crippen molar-refractivity contribution in [3.05, 3.63) is 47.6 Å². The summed E-state index contributed by atoms with van der Waals surface area (Å²) in [5, 5.41) is 20.1. The number of hydrogen-bond acceptors (Lipinski definition) is 7. The zero-order chi connectivity index (χ0) is 16.1. The third-order valence-corrected chi connectivity index (χ3v) is 4.63. The van der Waals surface area contributed by atoms with Crippen LogP contribution in [0.25, 0.3) is 10.8 Å². The van der Waals surface area contributed by atoms with Crippen molar-refractivity contribution < 1.29 is 18.7 Å². The number of hydrogen-bond donors (Lipinski definition) is 1. The van der Waals surface area contributed by atoms with Crippen LogP contribution in [0.5, 0.6) is 5.75 Å². The summed E-state index contributed by atoms with van der Waals surface area (Å²) >= 11 is 2.74. The predicted molar refractivity (Wildman–Crippen MR) is 86.2 cm³/mol. The number of rotatable bonds is 7. The Labute approximate surface area is 140 Å². The summed E-state index contributed by atoms with van der Waals surface area (Å²) in [5.74, 6) is 0.430. The monoisotopic (exact) mass is 352 g/mol. The molecule has 0 aliphatic carbocycles. The fourth-order valence-electron chi connectivity index (χ4n) is 1.73. The molecule has 0 amide bonds. The van der Waals surface area contributed by atoms with E-state index in [0.29, 0.717) is 16.9 Å². The average molecular weight is 352 g/mol. The van der Waals surface area contributed by atoms with Crippen LogP contribution >= 0.6 is 23.1 Å². The normalized spacial score (nSPS) is 12.3. The topological polar surface area (TPSA) is 68.4 Å². The van der Waals surface area contributed by atoms with Crippen molar-refractivity contribution in [1.82, 2.24) is 10.2 Å². The van der Waals surface area contributed by atoms with Gasteiger partial charge in [-0.05, 0) is 23.6 Å². The number of benzene rings is 1. The zero-order valence-corrected chi connectivity index (χ0v) is 13.5. The fraction of sp³-hybridized carbons (Fsp3) is 0.200. The van der Waals surface area contributed by atoms with E-state index < -0.39 is 11.9 Å². The molecule has 0 aliphatic heterocycles. The van der Waals surface area contributed by atoms with Crippen LogP contribution in [0.15, 0.2) is 51.4 Å². The molecule has 0 saturated heterocycles. The van der Waals surface area contributed by atoms with Gasteiger partial charge in [-0.2, -0.15) is 0 Å². The first-order chi connectivity index (χ1) is 11.2. The Morgan fingerprint density at radius 2 is 2.13 bits per heavy atom. The van der Waals surface area contributed by atoms with Crippen LogP contribution < -0.4 is 4.74 Å². The molecule has 5 nitrogen and oxygen atoms in total. The molecule has 120 valence electrons. The van der Waals surface area contributed by atoms with Gasteiger partial charge in [-0.1, -0.05) is 30.0 Å². The minimum atomic E-state index is -0.781. The van der Waals surface area contributed by atoms with Crippen LogP contribution in [0.4, 0.5) is 4.39 Å². The largest absolute Gasteiger partial charge is 0.488 e. The van der Waals surface area contributed by atoms with Crippen molar-refractivity contribution in [1.29, 1.82) is 0 Å². The van der Waals surface area contributed by atoms with E-state index in [4.69, 9.17) is 9.15 Å². The lowest BCUT2D eigenvalue weighted by Crippen LogP contribution is -2.20. The van der Waals surface area contributed by atoms with Crippen LogP contribution in [-0.2, 0) is 0 Å². The zero-order valence-electron chi connectivity index (χ0n) is 11.9. The number of thiophene rings is 1. The van der Waals surface area contributed by atoms with Gasteiger partial charge < -0.3 is 14.3 Å². The van der Waals surface area contributed by atoms with Gasteiger partial charge in [0.05, 0.1) is 11.0 Å². The summed E-state index contributed by atoms with van der Waals surface area (Å²) in [7, 11) is 0. The molecule has 0 spiro atoms. The molecule has 0 fully saturated rings. The first-order valence-corrected chi connectivity index (χ1v) is 8.64. The van der Waals surface area contributed by atoms with E-state index in [1.165, 1.54) is 35.2 Å². The fourth-order valence-corrected chi connectivity index (χ4v) is 3.04. The van der Waals surface area contributed by atoms with Gasteiger partial charge in [-0.3, -0.25) is 0 Å². The maximum Gasteiger partial charge on any atom is 0.276 e. The van der Waals surface area contributed by atoms with Gasteiger partial charge in [-0.25, -0.2) is 4.39 Å². The summed E-state index contributed by atoms with van der Waals surface area (Å²) in [6.07, 6.45) is -0.781. The second-order valence-electron chi connectivity index (χ2n) is 4.56. The van der Waals surface area contributed by atoms with Crippen molar-refractivity contribution in [3.63, 3.8) is 0 Å². The molecular weight excluding hydrogens is 339 g/mol. The van der Waals surface area contributed by atoms with Crippen LogP contribution in [0.1, 0.15) is 0 Å². The first-order valence-electron chi connectivity index (χ1n) is 6.78. The van der Waals surface area contributed by atoms with E-state index in [9.17, 15) is 9.50 Å². The number of nitrogens with zero attached hydrogens (tertiary/aromatic N) is 2. The number of aliphatic hydroxyl groups is 1. The maximum atomic E-state index is 13.4. The number of aliphatic hydroxyl groups excluding tert-OH is 1. The average Bonchev–Trinajstić information content (AvgIpc) is 3.23. The Kier molecular flexibility index (Phi) is 5.27. The molecule has 1 atom stereocenters. The molecule has 2 aromatic heterocycles. The maximum absolute atomic E-state index is 13.4. The van der Waals surface area contributed by atoms with Crippen LogP contribution in [-0.4, -0.2) is 33.8 Å². The number of para-hydroxylation sites is 1. The standard InChI is InChI=1S/C15H13FN2O3S2/c16-11-4-1-2-5-12(11)20-8-10(19)9-23-15-18-17-14(21-15)13-6-3-7-22-13/h1-7,10,19H,8-9H2. The van der Waals surface area contributed by atoms with E-state index in [-0.39, 0.29) is 12.4 Å². The highest BCUT2D eigenvalue weighted by Crippen LogP contribution is 2.26. The third kappa shape index (κ3) is 4.31. The Morgan fingerprint density at radius 3 is 2.91 bits per heavy atom. The third-order valence-electron chi connectivity index (χ3n) is 2.81. The highest BCUT2D eigenvalue weighted by molar-refractivity contribution is 7.99. The van der Waals surface area contributed by atoms with Crippen molar-refractivity contribution in [2.45, 2.75) is 11.3 Å². The SMILES string of the molecule is OC(COc1ccccc1F)CSc1nnc(-c2cccs2)o1. The lowest BCUT2D eigenvalue weighted by Gasteiger charge is -2.11. The summed E-state index contributed by atoms with van der Waals surface area (Å²) in [6, 6.07) is 9.87. The molecule has 3 aromatic rings. The van der Waals surface area contributed by atoms with Gasteiger partial charge in [0, 0.05) is 5.75 Å². The second-order valence-corrected chi connectivity index (χ2v) is 6.48. The minimum absolute atomic E-state index is 0.0140. The number of aromatic nitrogens is 2. The van der Waals surface area contributed by atoms with E-state index in [0.717, 1.165) is 4.88 Å². The molecular formula is C15H13FN2O3S2. The summed E-state index contributed by atoms with van der Waals surface area (Å²) in [5.41, 5.74) is 0. The van der Waals surface area contributed by atoms with Crippen LogP contribution in [0, 0.1) is 5.82 Å². The van der Waals surface area contributed by atoms with Gasteiger partial charge in [0.25, 0.3) is 11.1 Å². The molecule has 1 aromatic carbocycles. The summed E-state index contributed by atoms with van der Waals surface area (Å²) in [4.78, 5) is 0.896. The van der Waals surface area contributed by atoms with Gasteiger partial charge >= 0.3 is 0 Å². The van der Waals surface area contributed by atoms with Crippen molar-refractivity contribution in [3.8, 4) is 16.5 Å². The highest BCUT2D eigenvalue weighted by atomic mass is 32.2. The van der Waals surface area contributed by atoms with Crippen molar-refractivity contribution >= 4 is 23.1 Å². The van der Waals surface area contributed by atoms with Gasteiger partial charge in [0.1, 0.15) is 6.61 Å². The van der Waals surface area contributed by atoms with Crippen LogP contribution in [0.3, 0.4) is 0 Å². The van der Waals surface area contributed by atoms with E-state index >= 15 is 0 Å². The van der Waals surface area contributed by atoms with Crippen molar-refractivity contribution in [2.24, 2.45) is 0 Å². The minimum Gasteiger partial charge on any atom is -0.488 e. The van der Waals surface area contributed by atoms with Gasteiger partial charge in [-0.15, -0.1) is 21.5 Å². The molecule has 3 rings (SSSR count). The Bertz CT molecular complexity index is 749. The molecule has 0 saturated carbocycles. The Balaban J connectivity index is 1.47. The molecule has 0 bridgehead atoms. The van der Waals surface area contributed by atoms with Gasteiger partial charge in [0.15, 0.2) is 11.6 Å². The Hall–Kier alpha value is -1.90. The molecule has 23 heavy (non-hydrogen) atoms.